The second-order valence-corrected chi connectivity index (χ2v) is 7.35. The molecule has 1 amide bonds. The molecule has 0 aliphatic carbocycles. The van der Waals surface area contributed by atoms with Gasteiger partial charge in [0.25, 0.3) is 5.56 Å². The zero-order chi connectivity index (χ0) is 20.4. The van der Waals surface area contributed by atoms with Crippen LogP contribution >= 0.6 is 11.8 Å². The number of fused-ring (bicyclic) bond motifs is 1. The number of nitrogens with zero attached hydrogens (tertiary/aromatic N) is 2. The minimum absolute atomic E-state index is 0.0642. The number of nitrogens with one attached hydrogen (secondary N) is 3. The number of thioether (sulfide) groups is 1. The molecule has 4 aromatic rings. The molecule has 0 unspecified atom stereocenters. The van der Waals surface area contributed by atoms with Crippen LogP contribution in [0.25, 0.3) is 16.7 Å². The highest BCUT2D eigenvalue weighted by atomic mass is 32.2. The molecule has 0 atom stereocenters. The second kappa shape index (κ2) is 7.80. The molecule has 0 saturated carbocycles. The lowest BCUT2D eigenvalue weighted by molar-refractivity contribution is -0.113. The van der Waals surface area contributed by atoms with E-state index in [1.54, 1.807) is 12.1 Å². The Morgan fingerprint density at radius 1 is 1.10 bits per heavy atom. The van der Waals surface area contributed by atoms with Gasteiger partial charge in [-0.2, -0.15) is 0 Å². The number of H-pyrrole nitrogens is 2. The van der Waals surface area contributed by atoms with Crippen LogP contribution in [0.5, 0.6) is 0 Å². The molecule has 2 aromatic heterocycles. The quantitative estimate of drug-likeness (QED) is 0.440. The van der Waals surface area contributed by atoms with E-state index in [2.05, 4.69) is 20.3 Å². The van der Waals surface area contributed by atoms with Crippen molar-refractivity contribution in [2.75, 3.05) is 11.1 Å². The first-order chi connectivity index (χ1) is 14.0. The molecule has 0 saturated heterocycles. The van der Waals surface area contributed by atoms with Crippen LogP contribution in [-0.4, -0.2) is 31.2 Å². The Labute approximate surface area is 169 Å². The summed E-state index contributed by atoms with van der Waals surface area (Å²) < 4.78 is 1.25. The lowest BCUT2D eigenvalue weighted by Crippen LogP contribution is -2.32. The van der Waals surface area contributed by atoms with Crippen LogP contribution < -0.4 is 16.6 Å². The summed E-state index contributed by atoms with van der Waals surface area (Å²) in [5.41, 5.74) is 2.06. The number of aromatic amines is 2. The summed E-state index contributed by atoms with van der Waals surface area (Å²) in [6.07, 6.45) is 0. The van der Waals surface area contributed by atoms with E-state index in [9.17, 15) is 14.4 Å². The van der Waals surface area contributed by atoms with Crippen molar-refractivity contribution in [3.8, 4) is 5.69 Å². The maximum absolute atomic E-state index is 12.5. The molecule has 0 radical (unpaired) electrons. The number of para-hydroxylation sites is 2. The highest BCUT2D eigenvalue weighted by Crippen LogP contribution is 2.19. The number of hydrogen-bond acceptors (Lipinski definition) is 5. The molecule has 0 spiro atoms. The van der Waals surface area contributed by atoms with Gasteiger partial charge in [-0.3, -0.25) is 14.6 Å². The molecular weight excluding hydrogens is 390 g/mol. The lowest BCUT2D eigenvalue weighted by Gasteiger charge is -2.13. The van der Waals surface area contributed by atoms with Crippen LogP contribution in [0.3, 0.4) is 0 Å². The van der Waals surface area contributed by atoms with Gasteiger partial charge in [-0.05, 0) is 31.2 Å². The molecule has 29 heavy (non-hydrogen) atoms. The van der Waals surface area contributed by atoms with E-state index < -0.39 is 11.2 Å². The third-order valence-corrected chi connectivity index (χ3v) is 5.08. The fourth-order valence-corrected chi connectivity index (χ4v) is 3.53. The molecule has 0 fully saturated rings. The number of anilines is 1. The average molecular weight is 407 g/mol. The van der Waals surface area contributed by atoms with Gasteiger partial charge in [-0.15, -0.1) is 0 Å². The lowest BCUT2D eigenvalue weighted by atomic mass is 10.2. The third kappa shape index (κ3) is 4.14. The fourth-order valence-electron chi connectivity index (χ4n) is 2.85. The molecular formula is C20H17N5O3S. The maximum Gasteiger partial charge on any atom is 0.334 e. The minimum atomic E-state index is -0.624. The molecule has 4 rings (SSSR count). The van der Waals surface area contributed by atoms with E-state index in [4.69, 9.17) is 0 Å². The molecule has 0 aliphatic heterocycles. The Bertz CT molecular complexity index is 1270. The van der Waals surface area contributed by atoms with Crippen LogP contribution in [-0.2, 0) is 4.79 Å². The van der Waals surface area contributed by atoms with Crippen molar-refractivity contribution in [2.24, 2.45) is 0 Å². The van der Waals surface area contributed by atoms with E-state index in [1.807, 2.05) is 43.3 Å². The maximum atomic E-state index is 12.5. The monoisotopic (exact) mass is 407 g/mol. The van der Waals surface area contributed by atoms with Crippen molar-refractivity contribution in [1.29, 1.82) is 0 Å². The third-order valence-electron chi connectivity index (χ3n) is 4.21. The van der Waals surface area contributed by atoms with Gasteiger partial charge < -0.3 is 10.3 Å². The number of imidazole rings is 1. The number of hydrogen-bond donors (Lipinski definition) is 3. The summed E-state index contributed by atoms with van der Waals surface area (Å²) in [6, 6.07) is 15.9. The van der Waals surface area contributed by atoms with Crippen LogP contribution in [0.4, 0.5) is 5.82 Å². The molecule has 8 nitrogen and oxygen atoms in total. The number of rotatable bonds is 5. The SMILES string of the molecule is Cc1ccc(-n2c(NC(=O)CSc3nc4ccccc4[nH]3)cc(=O)[nH]c2=O)cc1. The highest BCUT2D eigenvalue weighted by molar-refractivity contribution is 7.99. The van der Waals surface area contributed by atoms with Gasteiger partial charge in [-0.25, -0.2) is 14.3 Å². The first-order valence-electron chi connectivity index (χ1n) is 8.80. The van der Waals surface area contributed by atoms with Crippen molar-refractivity contribution in [2.45, 2.75) is 12.1 Å². The van der Waals surface area contributed by atoms with Gasteiger partial charge in [-0.1, -0.05) is 41.6 Å². The Hall–Kier alpha value is -3.59. The standard InChI is InChI=1S/C20H17N5O3S/c1-12-6-8-13(9-7-12)25-16(10-17(26)24-20(25)28)23-18(27)11-29-19-21-14-4-2-3-5-15(14)22-19/h2-10H,11H2,1H3,(H,21,22)(H,23,27)(H,24,26,28). The summed E-state index contributed by atoms with van der Waals surface area (Å²) in [5, 5.41) is 3.26. The zero-order valence-corrected chi connectivity index (χ0v) is 16.2. The van der Waals surface area contributed by atoms with Gasteiger partial charge in [0.2, 0.25) is 5.91 Å². The van der Waals surface area contributed by atoms with Crippen LogP contribution in [0.15, 0.2) is 69.3 Å². The number of carbonyl (C=O) groups excluding carboxylic acids is 1. The summed E-state index contributed by atoms with van der Waals surface area (Å²) in [7, 11) is 0. The molecule has 3 N–H and O–H groups in total. The average Bonchev–Trinajstić information content (AvgIpc) is 3.10. The van der Waals surface area contributed by atoms with Crippen molar-refractivity contribution in [3.05, 3.63) is 81.0 Å². The first kappa shape index (κ1) is 18.8. The Kier molecular flexibility index (Phi) is 5.05. The number of aromatic nitrogens is 4. The highest BCUT2D eigenvalue weighted by Gasteiger charge is 2.13. The van der Waals surface area contributed by atoms with Gasteiger partial charge in [0, 0.05) is 6.07 Å². The summed E-state index contributed by atoms with van der Waals surface area (Å²) in [6.45, 7) is 1.93. The van der Waals surface area contributed by atoms with Crippen molar-refractivity contribution in [1.82, 2.24) is 19.5 Å². The van der Waals surface area contributed by atoms with E-state index in [1.165, 1.54) is 22.4 Å². The molecule has 0 bridgehead atoms. The summed E-state index contributed by atoms with van der Waals surface area (Å²) in [4.78, 5) is 46.3. The fraction of sp³-hybridized carbons (Fsp3) is 0.100. The number of amides is 1. The zero-order valence-electron chi connectivity index (χ0n) is 15.4. The normalized spacial score (nSPS) is 10.9. The van der Waals surface area contributed by atoms with E-state index >= 15 is 0 Å². The van der Waals surface area contributed by atoms with E-state index in [0.29, 0.717) is 10.8 Å². The van der Waals surface area contributed by atoms with Crippen molar-refractivity contribution >= 4 is 34.5 Å². The van der Waals surface area contributed by atoms with Gasteiger partial charge in [0.1, 0.15) is 5.82 Å². The Morgan fingerprint density at radius 2 is 1.86 bits per heavy atom. The topological polar surface area (TPSA) is 113 Å². The van der Waals surface area contributed by atoms with Crippen LogP contribution in [0.1, 0.15) is 5.56 Å². The largest absolute Gasteiger partial charge is 0.334 e. The molecule has 146 valence electrons. The Morgan fingerprint density at radius 3 is 2.62 bits per heavy atom. The van der Waals surface area contributed by atoms with E-state index in [0.717, 1.165) is 16.6 Å². The van der Waals surface area contributed by atoms with Crippen LogP contribution in [0.2, 0.25) is 0 Å². The van der Waals surface area contributed by atoms with Gasteiger partial charge in [0.05, 0.1) is 22.5 Å². The predicted octanol–water partition coefficient (Wildman–Crippen LogP) is 2.44. The number of aryl methyl sites for hydroxylation is 1. The Balaban J connectivity index is 1.55. The van der Waals surface area contributed by atoms with Crippen LogP contribution in [0, 0.1) is 6.92 Å². The van der Waals surface area contributed by atoms with Crippen molar-refractivity contribution in [3.63, 3.8) is 0 Å². The van der Waals surface area contributed by atoms with E-state index in [-0.39, 0.29) is 17.5 Å². The number of benzene rings is 2. The molecule has 9 heteroatoms. The number of carbonyl (C=O) groups is 1. The minimum Gasteiger partial charge on any atom is -0.333 e. The van der Waals surface area contributed by atoms with Gasteiger partial charge >= 0.3 is 5.69 Å². The second-order valence-electron chi connectivity index (χ2n) is 6.39. The first-order valence-corrected chi connectivity index (χ1v) is 9.79. The summed E-state index contributed by atoms with van der Waals surface area (Å²) >= 11 is 1.23. The molecule has 2 heterocycles. The van der Waals surface area contributed by atoms with Crippen molar-refractivity contribution < 1.29 is 4.79 Å². The molecule has 0 aliphatic rings. The molecule has 2 aromatic carbocycles. The predicted molar refractivity (Wildman–Crippen MR) is 113 cm³/mol. The van der Waals surface area contributed by atoms with Gasteiger partial charge in [0.15, 0.2) is 5.16 Å². The smallest absolute Gasteiger partial charge is 0.333 e. The summed E-state index contributed by atoms with van der Waals surface area (Å²) in [5.74, 6) is -0.187.